The topological polar surface area (TPSA) is 47.7 Å². The van der Waals surface area contributed by atoms with Gasteiger partial charge in [0, 0.05) is 12.1 Å². The highest BCUT2D eigenvalue weighted by Crippen LogP contribution is 2.27. The van der Waals surface area contributed by atoms with E-state index in [1.54, 1.807) is 14.2 Å². The zero-order valence-corrected chi connectivity index (χ0v) is 11.9. The molecule has 2 rings (SSSR count). The number of methoxy groups -OCH3 is 2. The van der Waals surface area contributed by atoms with Gasteiger partial charge in [0.05, 0.1) is 14.2 Å². The Labute approximate surface area is 115 Å². The third-order valence-electron chi connectivity index (χ3n) is 3.92. The fourth-order valence-electron chi connectivity index (χ4n) is 2.63. The molecule has 1 fully saturated rings. The van der Waals surface area contributed by atoms with Crippen LogP contribution in [0.25, 0.3) is 0 Å². The summed E-state index contributed by atoms with van der Waals surface area (Å²) in [5.74, 6) is 2.51. The monoisotopic (exact) mass is 264 g/mol. The van der Waals surface area contributed by atoms with Gasteiger partial charge in [0.15, 0.2) is 0 Å². The van der Waals surface area contributed by atoms with Crippen molar-refractivity contribution in [2.24, 2.45) is 11.7 Å². The number of hydrogen-bond donors (Lipinski definition) is 1. The number of nitrogens with zero attached hydrogens (tertiary/aromatic N) is 1. The second kappa shape index (κ2) is 6.78. The predicted octanol–water partition coefficient (Wildman–Crippen LogP) is 1.87. The highest BCUT2D eigenvalue weighted by Gasteiger charge is 2.19. The van der Waals surface area contributed by atoms with E-state index in [0.29, 0.717) is 5.92 Å². The number of likely N-dealkylation sites (tertiary alicyclic amines) is 1. The van der Waals surface area contributed by atoms with Gasteiger partial charge in [0.1, 0.15) is 11.5 Å². The second-order valence-corrected chi connectivity index (χ2v) is 5.13. The normalized spacial score (nSPS) is 17.4. The molecular weight excluding hydrogens is 240 g/mol. The Morgan fingerprint density at radius 2 is 1.95 bits per heavy atom. The fraction of sp³-hybridized carbons (Fsp3) is 0.600. The Morgan fingerprint density at radius 3 is 2.53 bits per heavy atom. The van der Waals surface area contributed by atoms with E-state index in [0.717, 1.165) is 37.7 Å². The zero-order valence-electron chi connectivity index (χ0n) is 11.9. The van der Waals surface area contributed by atoms with Crippen LogP contribution in [0, 0.1) is 5.92 Å². The minimum atomic E-state index is 0.698. The molecule has 1 aromatic carbocycles. The van der Waals surface area contributed by atoms with Crippen molar-refractivity contribution in [2.75, 3.05) is 33.9 Å². The first-order valence-corrected chi connectivity index (χ1v) is 6.90. The maximum absolute atomic E-state index is 5.73. The van der Waals surface area contributed by atoms with Gasteiger partial charge in [-0.2, -0.15) is 0 Å². The maximum Gasteiger partial charge on any atom is 0.123 e. The van der Waals surface area contributed by atoms with Crippen molar-refractivity contribution in [1.82, 2.24) is 4.90 Å². The average molecular weight is 264 g/mol. The van der Waals surface area contributed by atoms with Crippen LogP contribution in [0.15, 0.2) is 18.2 Å². The van der Waals surface area contributed by atoms with Crippen molar-refractivity contribution in [3.05, 3.63) is 23.8 Å². The molecule has 0 unspecified atom stereocenters. The van der Waals surface area contributed by atoms with Crippen LogP contribution in [0.2, 0.25) is 0 Å². The minimum Gasteiger partial charge on any atom is -0.497 e. The molecule has 4 heteroatoms. The van der Waals surface area contributed by atoms with E-state index < -0.39 is 0 Å². The van der Waals surface area contributed by atoms with Crippen molar-refractivity contribution in [3.63, 3.8) is 0 Å². The molecule has 106 valence electrons. The van der Waals surface area contributed by atoms with Crippen LogP contribution in [-0.2, 0) is 6.54 Å². The Balaban J connectivity index is 2.02. The predicted molar refractivity (Wildman–Crippen MR) is 76.6 cm³/mol. The first-order chi connectivity index (χ1) is 9.26. The molecule has 1 aromatic rings. The molecule has 4 nitrogen and oxygen atoms in total. The van der Waals surface area contributed by atoms with Crippen LogP contribution >= 0.6 is 0 Å². The first kappa shape index (κ1) is 14.2. The SMILES string of the molecule is COc1ccc(OC)c(CN2CCC(CN)CC2)c1. The van der Waals surface area contributed by atoms with Gasteiger partial charge in [-0.1, -0.05) is 0 Å². The van der Waals surface area contributed by atoms with E-state index in [-0.39, 0.29) is 0 Å². The Bertz CT molecular complexity index is 401. The molecular formula is C15H24N2O2. The summed E-state index contributed by atoms with van der Waals surface area (Å²) in [6.45, 7) is 3.96. The van der Waals surface area contributed by atoms with Gasteiger partial charge in [-0.25, -0.2) is 0 Å². The maximum atomic E-state index is 5.73. The van der Waals surface area contributed by atoms with Gasteiger partial charge in [0.2, 0.25) is 0 Å². The Morgan fingerprint density at radius 1 is 1.21 bits per heavy atom. The van der Waals surface area contributed by atoms with E-state index in [1.807, 2.05) is 12.1 Å². The van der Waals surface area contributed by atoms with Crippen molar-refractivity contribution in [3.8, 4) is 11.5 Å². The van der Waals surface area contributed by atoms with Gasteiger partial charge in [-0.15, -0.1) is 0 Å². The average Bonchev–Trinajstić information content (AvgIpc) is 2.48. The number of piperidine rings is 1. The molecule has 0 aromatic heterocycles. The number of ether oxygens (including phenoxy) is 2. The lowest BCUT2D eigenvalue weighted by Gasteiger charge is -2.31. The third kappa shape index (κ3) is 3.61. The summed E-state index contributed by atoms with van der Waals surface area (Å²) in [5, 5.41) is 0. The van der Waals surface area contributed by atoms with E-state index in [1.165, 1.54) is 18.4 Å². The van der Waals surface area contributed by atoms with Crippen molar-refractivity contribution >= 4 is 0 Å². The molecule has 0 bridgehead atoms. The van der Waals surface area contributed by atoms with E-state index in [4.69, 9.17) is 15.2 Å². The number of nitrogens with two attached hydrogens (primary N) is 1. The van der Waals surface area contributed by atoms with Crippen LogP contribution in [-0.4, -0.2) is 38.8 Å². The lowest BCUT2D eigenvalue weighted by Crippen LogP contribution is -2.35. The van der Waals surface area contributed by atoms with Crippen LogP contribution < -0.4 is 15.2 Å². The molecule has 1 heterocycles. The van der Waals surface area contributed by atoms with Gasteiger partial charge >= 0.3 is 0 Å². The smallest absolute Gasteiger partial charge is 0.123 e. The van der Waals surface area contributed by atoms with Gasteiger partial charge in [-0.05, 0) is 56.6 Å². The van der Waals surface area contributed by atoms with Crippen LogP contribution in [0.4, 0.5) is 0 Å². The summed E-state index contributed by atoms with van der Waals surface area (Å²) < 4.78 is 10.7. The first-order valence-electron chi connectivity index (χ1n) is 6.90. The van der Waals surface area contributed by atoms with Crippen molar-refractivity contribution < 1.29 is 9.47 Å². The van der Waals surface area contributed by atoms with Crippen LogP contribution in [0.5, 0.6) is 11.5 Å². The number of rotatable bonds is 5. The van der Waals surface area contributed by atoms with Gasteiger partial charge in [-0.3, -0.25) is 4.90 Å². The van der Waals surface area contributed by atoms with Gasteiger partial charge < -0.3 is 15.2 Å². The molecule has 1 saturated heterocycles. The second-order valence-electron chi connectivity index (χ2n) is 5.13. The molecule has 0 aliphatic carbocycles. The molecule has 0 radical (unpaired) electrons. The number of benzene rings is 1. The molecule has 0 amide bonds. The summed E-state index contributed by atoms with van der Waals surface area (Å²) in [4.78, 5) is 2.46. The molecule has 2 N–H and O–H groups in total. The van der Waals surface area contributed by atoms with Crippen molar-refractivity contribution in [1.29, 1.82) is 0 Å². The van der Waals surface area contributed by atoms with Crippen LogP contribution in [0.1, 0.15) is 18.4 Å². The number of hydrogen-bond acceptors (Lipinski definition) is 4. The minimum absolute atomic E-state index is 0.698. The standard InChI is InChI=1S/C15H24N2O2/c1-18-14-3-4-15(19-2)13(9-14)11-17-7-5-12(10-16)6-8-17/h3-4,9,12H,5-8,10-11,16H2,1-2H3. The summed E-state index contributed by atoms with van der Waals surface area (Å²) in [6, 6.07) is 5.97. The van der Waals surface area contributed by atoms with E-state index in [2.05, 4.69) is 11.0 Å². The fourth-order valence-corrected chi connectivity index (χ4v) is 2.63. The summed E-state index contributed by atoms with van der Waals surface area (Å²) in [5.41, 5.74) is 6.92. The lowest BCUT2D eigenvalue weighted by molar-refractivity contribution is 0.178. The van der Waals surface area contributed by atoms with Gasteiger partial charge in [0.25, 0.3) is 0 Å². The molecule has 19 heavy (non-hydrogen) atoms. The summed E-state index contributed by atoms with van der Waals surface area (Å²) in [7, 11) is 3.41. The third-order valence-corrected chi connectivity index (χ3v) is 3.92. The highest BCUT2D eigenvalue weighted by molar-refractivity contribution is 5.40. The highest BCUT2D eigenvalue weighted by atomic mass is 16.5. The Hall–Kier alpha value is -1.26. The van der Waals surface area contributed by atoms with Crippen molar-refractivity contribution in [2.45, 2.75) is 19.4 Å². The quantitative estimate of drug-likeness (QED) is 0.882. The zero-order chi connectivity index (χ0) is 13.7. The molecule has 0 atom stereocenters. The molecule has 0 spiro atoms. The lowest BCUT2D eigenvalue weighted by atomic mass is 9.97. The molecule has 0 saturated carbocycles. The largest absolute Gasteiger partial charge is 0.497 e. The van der Waals surface area contributed by atoms with E-state index >= 15 is 0 Å². The molecule has 1 aliphatic rings. The van der Waals surface area contributed by atoms with Crippen LogP contribution in [0.3, 0.4) is 0 Å². The van der Waals surface area contributed by atoms with E-state index in [9.17, 15) is 0 Å². The molecule has 1 aliphatic heterocycles. The summed E-state index contributed by atoms with van der Waals surface area (Å²) >= 11 is 0. The summed E-state index contributed by atoms with van der Waals surface area (Å²) in [6.07, 6.45) is 2.39. The Kier molecular flexibility index (Phi) is 5.05.